The van der Waals surface area contributed by atoms with Gasteiger partial charge in [-0.2, -0.15) is 0 Å². The van der Waals surface area contributed by atoms with Gasteiger partial charge in [-0.25, -0.2) is 0 Å². The minimum atomic E-state index is -0.838. The van der Waals surface area contributed by atoms with E-state index >= 15 is 0 Å². The summed E-state index contributed by atoms with van der Waals surface area (Å²) in [6.07, 6.45) is 3.12. The highest BCUT2D eigenvalue weighted by Gasteiger charge is 2.29. The second-order valence-electron chi connectivity index (χ2n) is 4.95. The Morgan fingerprint density at radius 2 is 2.00 bits per heavy atom. The van der Waals surface area contributed by atoms with Gasteiger partial charge in [0, 0.05) is 19.0 Å². The van der Waals surface area contributed by atoms with Crippen LogP contribution in [-0.2, 0) is 9.59 Å². The predicted molar refractivity (Wildman–Crippen MR) is 61.0 cm³/mol. The summed E-state index contributed by atoms with van der Waals surface area (Å²) in [6, 6.07) is 0. The van der Waals surface area contributed by atoms with E-state index in [2.05, 4.69) is 0 Å². The standard InChI is InChI=1S/C12H21NO3/c1-9(2)8-13(7-6-11(14)15)12(16)10-4-3-5-10/h9-10H,3-8H2,1-2H3,(H,14,15). The first kappa shape index (κ1) is 13.0. The summed E-state index contributed by atoms with van der Waals surface area (Å²) in [5, 5.41) is 8.65. The van der Waals surface area contributed by atoms with Gasteiger partial charge in [0.1, 0.15) is 0 Å². The van der Waals surface area contributed by atoms with Crippen molar-refractivity contribution < 1.29 is 14.7 Å². The first-order valence-electron chi connectivity index (χ1n) is 6.01. The highest BCUT2D eigenvalue weighted by molar-refractivity contribution is 5.80. The Balaban J connectivity index is 2.47. The zero-order valence-electron chi connectivity index (χ0n) is 10.1. The molecule has 0 aliphatic heterocycles. The zero-order chi connectivity index (χ0) is 12.1. The number of rotatable bonds is 6. The Morgan fingerprint density at radius 1 is 1.38 bits per heavy atom. The van der Waals surface area contributed by atoms with Crippen LogP contribution in [0.1, 0.15) is 39.5 Å². The number of carbonyl (C=O) groups is 2. The smallest absolute Gasteiger partial charge is 0.305 e. The summed E-state index contributed by atoms with van der Waals surface area (Å²) < 4.78 is 0. The van der Waals surface area contributed by atoms with Crippen LogP contribution >= 0.6 is 0 Å². The van der Waals surface area contributed by atoms with Gasteiger partial charge >= 0.3 is 5.97 Å². The van der Waals surface area contributed by atoms with Crippen molar-refractivity contribution in [2.24, 2.45) is 11.8 Å². The van der Waals surface area contributed by atoms with Crippen molar-refractivity contribution >= 4 is 11.9 Å². The van der Waals surface area contributed by atoms with E-state index in [1.165, 1.54) is 0 Å². The maximum Gasteiger partial charge on any atom is 0.305 e. The monoisotopic (exact) mass is 227 g/mol. The average Bonchev–Trinajstić information content (AvgIpc) is 2.08. The van der Waals surface area contributed by atoms with Crippen molar-refractivity contribution in [2.45, 2.75) is 39.5 Å². The van der Waals surface area contributed by atoms with Crippen LogP contribution in [0.5, 0.6) is 0 Å². The van der Waals surface area contributed by atoms with Crippen LogP contribution in [0.15, 0.2) is 0 Å². The molecule has 0 radical (unpaired) electrons. The molecule has 0 unspecified atom stereocenters. The molecule has 4 nitrogen and oxygen atoms in total. The van der Waals surface area contributed by atoms with Crippen LogP contribution < -0.4 is 0 Å². The number of aliphatic carboxylic acids is 1. The fourth-order valence-corrected chi connectivity index (χ4v) is 1.88. The molecular formula is C12H21NO3. The van der Waals surface area contributed by atoms with E-state index in [1.54, 1.807) is 4.90 Å². The van der Waals surface area contributed by atoms with Crippen LogP contribution in [0, 0.1) is 11.8 Å². The first-order valence-corrected chi connectivity index (χ1v) is 6.01. The summed E-state index contributed by atoms with van der Waals surface area (Å²) in [7, 11) is 0. The van der Waals surface area contributed by atoms with Crippen LogP contribution in [0.4, 0.5) is 0 Å². The molecule has 1 saturated carbocycles. The SMILES string of the molecule is CC(C)CN(CCC(=O)O)C(=O)C1CCC1. The minimum Gasteiger partial charge on any atom is -0.481 e. The normalized spacial score (nSPS) is 15.9. The molecular weight excluding hydrogens is 206 g/mol. The van der Waals surface area contributed by atoms with Crippen molar-refractivity contribution in [3.63, 3.8) is 0 Å². The van der Waals surface area contributed by atoms with Crippen molar-refractivity contribution in [1.82, 2.24) is 4.90 Å². The number of nitrogens with zero attached hydrogens (tertiary/aromatic N) is 1. The summed E-state index contributed by atoms with van der Waals surface area (Å²) in [5.74, 6) is -0.137. The van der Waals surface area contributed by atoms with Gasteiger partial charge in [0.15, 0.2) is 0 Å². The van der Waals surface area contributed by atoms with Gasteiger partial charge in [0.2, 0.25) is 5.91 Å². The highest BCUT2D eigenvalue weighted by atomic mass is 16.4. The number of amides is 1. The maximum absolute atomic E-state index is 12.0. The minimum absolute atomic E-state index is 0.0468. The van der Waals surface area contributed by atoms with E-state index in [9.17, 15) is 9.59 Å². The third-order valence-corrected chi connectivity index (χ3v) is 2.95. The summed E-state index contributed by atoms with van der Waals surface area (Å²) in [5.41, 5.74) is 0. The Morgan fingerprint density at radius 3 is 2.38 bits per heavy atom. The van der Waals surface area contributed by atoms with Gasteiger partial charge < -0.3 is 10.0 Å². The fraction of sp³-hybridized carbons (Fsp3) is 0.833. The van der Waals surface area contributed by atoms with E-state index in [0.29, 0.717) is 19.0 Å². The molecule has 1 amide bonds. The molecule has 0 heterocycles. The molecule has 0 aromatic rings. The Hall–Kier alpha value is -1.06. The molecule has 4 heteroatoms. The van der Waals surface area contributed by atoms with Crippen molar-refractivity contribution in [3.05, 3.63) is 0 Å². The second kappa shape index (κ2) is 5.87. The molecule has 1 N–H and O–H groups in total. The predicted octanol–water partition coefficient (Wildman–Crippen LogP) is 1.75. The summed E-state index contributed by atoms with van der Waals surface area (Å²) in [6.45, 7) is 5.11. The zero-order valence-corrected chi connectivity index (χ0v) is 10.1. The number of carboxylic acids is 1. The molecule has 92 valence electrons. The van der Waals surface area contributed by atoms with Gasteiger partial charge in [0.25, 0.3) is 0 Å². The van der Waals surface area contributed by atoms with Crippen molar-refractivity contribution in [2.75, 3.05) is 13.1 Å². The lowest BCUT2D eigenvalue weighted by molar-refractivity contribution is -0.141. The lowest BCUT2D eigenvalue weighted by Crippen LogP contribution is -2.41. The summed E-state index contributed by atoms with van der Waals surface area (Å²) >= 11 is 0. The van der Waals surface area contributed by atoms with E-state index in [1.807, 2.05) is 13.8 Å². The van der Waals surface area contributed by atoms with E-state index in [4.69, 9.17) is 5.11 Å². The van der Waals surface area contributed by atoms with Gasteiger partial charge in [-0.15, -0.1) is 0 Å². The van der Waals surface area contributed by atoms with Crippen LogP contribution in [0.25, 0.3) is 0 Å². The number of hydrogen-bond donors (Lipinski definition) is 1. The molecule has 1 fully saturated rings. The molecule has 1 aliphatic carbocycles. The van der Waals surface area contributed by atoms with E-state index in [0.717, 1.165) is 19.3 Å². The Labute approximate surface area is 96.6 Å². The van der Waals surface area contributed by atoms with Crippen LogP contribution in [0.2, 0.25) is 0 Å². The molecule has 0 spiro atoms. The Bertz CT molecular complexity index is 259. The second-order valence-corrected chi connectivity index (χ2v) is 4.95. The topological polar surface area (TPSA) is 57.6 Å². The summed E-state index contributed by atoms with van der Waals surface area (Å²) in [4.78, 5) is 24.3. The van der Waals surface area contributed by atoms with Crippen molar-refractivity contribution in [1.29, 1.82) is 0 Å². The quantitative estimate of drug-likeness (QED) is 0.752. The number of hydrogen-bond acceptors (Lipinski definition) is 2. The molecule has 0 aromatic carbocycles. The fourth-order valence-electron chi connectivity index (χ4n) is 1.88. The third-order valence-electron chi connectivity index (χ3n) is 2.95. The largest absolute Gasteiger partial charge is 0.481 e. The van der Waals surface area contributed by atoms with E-state index < -0.39 is 5.97 Å². The highest BCUT2D eigenvalue weighted by Crippen LogP contribution is 2.28. The molecule has 0 bridgehead atoms. The molecule has 0 saturated heterocycles. The molecule has 1 aliphatic rings. The number of carbonyl (C=O) groups excluding carboxylic acids is 1. The van der Waals surface area contributed by atoms with Gasteiger partial charge in [0.05, 0.1) is 6.42 Å². The van der Waals surface area contributed by atoms with Crippen LogP contribution in [0.3, 0.4) is 0 Å². The van der Waals surface area contributed by atoms with Gasteiger partial charge in [-0.3, -0.25) is 9.59 Å². The first-order chi connectivity index (χ1) is 7.50. The molecule has 16 heavy (non-hydrogen) atoms. The number of carboxylic acid groups (broad SMARTS) is 1. The van der Waals surface area contributed by atoms with Gasteiger partial charge in [-0.1, -0.05) is 20.3 Å². The molecule has 0 atom stereocenters. The maximum atomic E-state index is 12.0. The Kier molecular flexibility index (Phi) is 4.77. The third kappa shape index (κ3) is 3.83. The van der Waals surface area contributed by atoms with Gasteiger partial charge in [-0.05, 0) is 18.8 Å². The lowest BCUT2D eigenvalue weighted by Gasteiger charge is -2.32. The van der Waals surface area contributed by atoms with E-state index in [-0.39, 0.29) is 18.2 Å². The lowest BCUT2D eigenvalue weighted by atomic mass is 9.84. The molecule has 1 rings (SSSR count). The molecule has 0 aromatic heterocycles. The average molecular weight is 227 g/mol. The van der Waals surface area contributed by atoms with Crippen molar-refractivity contribution in [3.8, 4) is 0 Å². The van der Waals surface area contributed by atoms with Crippen LogP contribution in [-0.4, -0.2) is 35.0 Å².